The van der Waals surface area contributed by atoms with Crippen molar-refractivity contribution < 1.29 is 8.95 Å². The molecular formula is C24H25N5O2S. The fraction of sp³-hybridized carbons (Fsp3) is 0.292. The van der Waals surface area contributed by atoms with Crippen LogP contribution in [-0.4, -0.2) is 45.5 Å². The summed E-state index contributed by atoms with van der Waals surface area (Å²) >= 11 is 0. The minimum absolute atomic E-state index is 0.672. The number of nitrogens with zero attached hydrogens (tertiary/aromatic N) is 4. The molecule has 0 saturated carbocycles. The van der Waals surface area contributed by atoms with E-state index in [0.29, 0.717) is 17.2 Å². The average molecular weight is 448 g/mol. The third-order valence-electron chi connectivity index (χ3n) is 5.12. The van der Waals surface area contributed by atoms with Crippen molar-refractivity contribution in [3.8, 4) is 11.8 Å². The molecule has 164 valence electrons. The van der Waals surface area contributed by atoms with Crippen LogP contribution in [0.25, 0.3) is 0 Å². The fourth-order valence-electron chi connectivity index (χ4n) is 3.35. The van der Waals surface area contributed by atoms with Gasteiger partial charge >= 0.3 is 0 Å². The van der Waals surface area contributed by atoms with Gasteiger partial charge in [0.15, 0.2) is 0 Å². The predicted octanol–water partition coefficient (Wildman–Crippen LogP) is 3.25. The first kappa shape index (κ1) is 21.9. The van der Waals surface area contributed by atoms with E-state index in [4.69, 9.17) is 4.74 Å². The van der Waals surface area contributed by atoms with Crippen LogP contribution in [0, 0.1) is 25.7 Å². The molecule has 4 rings (SSSR count). The molecule has 1 N–H and O–H groups in total. The molecule has 32 heavy (non-hydrogen) atoms. The molecule has 0 radical (unpaired) electrons. The smallest absolute Gasteiger partial charge is 0.150 e. The first-order valence-corrected chi connectivity index (χ1v) is 11.6. The zero-order valence-corrected chi connectivity index (χ0v) is 19.0. The Kier molecular flexibility index (Phi) is 7.10. The minimum atomic E-state index is -1.38. The molecule has 8 heteroatoms. The van der Waals surface area contributed by atoms with E-state index in [2.05, 4.69) is 36.4 Å². The minimum Gasteiger partial charge on any atom is -0.380 e. The summed E-state index contributed by atoms with van der Waals surface area (Å²) in [5.74, 6) is 7.27. The van der Waals surface area contributed by atoms with E-state index >= 15 is 0 Å². The second-order valence-electron chi connectivity index (χ2n) is 7.40. The number of nitrogens with one attached hydrogen (secondary N) is 1. The number of anilines is 2. The van der Waals surface area contributed by atoms with Crippen LogP contribution >= 0.6 is 0 Å². The number of benzene rings is 1. The highest BCUT2D eigenvalue weighted by atomic mass is 32.2. The summed E-state index contributed by atoms with van der Waals surface area (Å²) in [5, 5.41) is 0. The highest BCUT2D eigenvalue weighted by Gasteiger charge is 2.16. The second-order valence-corrected chi connectivity index (χ2v) is 8.61. The number of rotatable bonds is 4. The maximum atomic E-state index is 12.7. The molecule has 1 unspecified atom stereocenters. The van der Waals surface area contributed by atoms with Crippen LogP contribution in [0.2, 0.25) is 0 Å². The lowest BCUT2D eigenvalue weighted by Gasteiger charge is -2.22. The van der Waals surface area contributed by atoms with Crippen LogP contribution in [0.1, 0.15) is 28.9 Å². The first-order valence-electron chi connectivity index (χ1n) is 10.5. The van der Waals surface area contributed by atoms with Crippen molar-refractivity contribution >= 4 is 22.5 Å². The van der Waals surface area contributed by atoms with E-state index in [0.717, 1.165) is 54.4 Å². The molecule has 0 spiro atoms. The van der Waals surface area contributed by atoms with Crippen molar-refractivity contribution in [2.45, 2.75) is 25.2 Å². The molecule has 0 amide bonds. The van der Waals surface area contributed by atoms with Crippen LogP contribution in [0.5, 0.6) is 0 Å². The number of aryl methyl sites for hydroxylation is 2. The quantitative estimate of drug-likeness (QED) is 0.619. The van der Waals surface area contributed by atoms with Crippen LogP contribution in [0.4, 0.5) is 11.5 Å². The summed E-state index contributed by atoms with van der Waals surface area (Å²) in [6.45, 7) is 6.89. The van der Waals surface area contributed by atoms with Gasteiger partial charge in [-0.25, -0.2) is 14.2 Å². The molecular weight excluding hydrogens is 422 g/mol. The Bertz CT molecular complexity index is 1170. The van der Waals surface area contributed by atoms with E-state index in [1.54, 1.807) is 12.5 Å². The Hall–Kier alpha value is -3.28. The second kappa shape index (κ2) is 10.4. The van der Waals surface area contributed by atoms with Gasteiger partial charge in [0.2, 0.25) is 0 Å². The van der Waals surface area contributed by atoms with Gasteiger partial charge < -0.3 is 9.64 Å². The van der Waals surface area contributed by atoms with E-state index in [1.165, 1.54) is 0 Å². The maximum Gasteiger partial charge on any atom is 0.150 e. The number of pyridine rings is 1. The molecule has 1 aromatic carbocycles. The predicted molar refractivity (Wildman–Crippen MR) is 126 cm³/mol. The van der Waals surface area contributed by atoms with Crippen molar-refractivity contribution in [3.05, 3.63) is 71.4 Å². The lowest BCUT2D eigenvalue weighted by atomic mass is 10.1. The van der Waals surface area contributed by atoms with Crippen LogP contribution in [-0.2, 0) is 15.7 Å². The van der Waals surface area contributed by atoms with Crippen molar-refractivity contribution in [2.75, 3.05) is 35.9 Å². The third kappa shape index (κ3) is 5.31. The van der Waals surface area contributed by atoms with Crippen molar-refractivity contribution in [1.29, 1.82) is 0 Å². The van der Waals surface area contributed by atoms with Gasteiger partial charge in [-0.15, -0.1) is 0 Å². The highest BCUT2D eigenvalue weighted by Crippen LogP contribution is 2.21. The zero-order chi connectivity index (χ0) is 22.3. The summed E-state index contributed by atoms with van der Waals surface area (Å²) in [5.41, 5.74) is 3.79. The Morgan fingerprint density at radius 2 is 1.88 bits per heavy atom. The summed E-state index contributed by atoms with van der Waals surface area (Å²) < 4.78 is 21.3. The van der Waals surface area contributed by atoms with Crippen LogP contribution in [0.15, 0.2) is 53.8 Å². The molecule has 7 nitrogen and oxygen atoms in total. The molecule has 1 fully saturated rings. The van der Waals surface area contributed by atoms with E-state index < -0.39 is 11.0 Å². The number of ether oxygens (including phenoxy) is 1. The van der Waals surface area contributed by atoms with Gasteiger partial charge in [0, 0.05) is 31.5 Å². The standard InChI is InChI=1S/C24H25N5O2S/c1-18-22(24(27-17-26-18)29-11-6-13-31-14-12-29)10-9-20-15-23(19(2)25-16-20)28-32(30)21-7-4-3-5-8-21/h3-5,7-8,15-17,28H,6,11-14H2,1-2H3. The largest absolute Gasteiger partial charge is 0.380 e. The SMILES string of the molecule is Cc1ncc(C#Cc2c(C)ncnc2N2CCCOCC2)cc1NS(=O)c1ccccc1. The Balaban J connectivity index is 1.60. The molecule has 3 heterocycles. The normalized spacial score (nSPS) is 14.8. The highest BCUT2D eigenvalue weighted by molar-refractivity contribution is 7.86. The Morgan fingerprint density at radius 1 is 1.03 bits per heavy atom. The van der Waals surface area contributed by atoms with Crippen LogP contribution < -0.4 is 9.62 Å². The summed E-state index contributed by atoms with van der Waals surface area (Å²) in [4.78, 5) is 16.2. The Morgan fingerprint density at radius 3 is 2.72 bits per heavy atom. The molecule has 1 atom stereocenters. The first-order chi connectivity index (χ1) is 15.6. The van der Waals surface area contributed by atoms with Gasteiger partial charge in [-0.1, -0.05) is 30.0 Å². The molecule has 1 aliphatic rings. The van der Waals surface area contributed by atoms with Gasteiger partial charge in [0.05, 0.1) is 34.1 Å². The van der Waals surface area contributed by atoms with Crippen molar-refractivity contribution in [3.63, 3.8) is 0 Å². The van der Waals surface area contributed by atoms with Gasteiger partial charge in [0.25, 0.3) is 0 Å². The van der Waals surface area contributed by atoms with E-state index in [1.807, 2.05) is 50.2 Å². The molecule has 0 aliphatic carbocycles. The third-order valence-corrected chi connectivity index (χ3v) is 6.22. The van der Waals surface area contributed by atoms with Gasteiger partial charge in [-0.2, -0.15) is 0 Å². The monoisotopic (exact) mass is 447 g/mol. The van der Waals surface area contributed by atoms with Crippen molar-refractivity contribution in [2.24, 2.45) is 0 Å². The fourth-order valence-corrected chi connectivity index (χ4v) is 4.28. The summed E-state index contributed by atoms with van der Waals surface area (Å²) in [6.07, 6.45) is 4.25. The van der Waals surface area contributed by atoms with Gasteiger partial charge in [-0.05, 0) is 38.5 Å². The lowest BCUT2D eigenvalue weighted by Crippen LogP contribution is -2.28. The van der Waals surface area contributed by atoms with E-state index in [9.17, 15) is 4.21 Å². The topological polar surface area (TPSA) is 80.2 Å². The van der Waals surface area contributed by atoms with Crippen molar-refractivity contribution in [1.82, 2.24) is 15.0 Å². The van der Waals surface area contributed by atoms with Crippen LogP contribution in [0.3, 0.4) is 0 Å². The molecule has 1 saturated heterocycles. The average Bonchev–Trinajstić information content (AvgIpc) is 3.10. The number of hydrogen-bond donors (Lipinski definition) is 1. The lowest BCUT2D eigenvalue weighted by molar-refractivity contribution is 0.152. The Labute approximate surface area is 190 Å². The molecule has 1 aliphatic heterocycles. The zero-order valence-electron chi connectivity index (χ0n) is 18.2. The molecule has 2 aromatic heterocycles. The summed E-state index contributed by atoms with van der Waals surface area (Å²) in [6, 6.07) is 11.1. The van der Waals surface area contributed by atoms with E-state index in [-0.39, 0.29) is 0 Å². The number of aromatic nitrogens is 3. The summed E-state index contributed by atoms with van der Waals surface area (Å²) in [7, 11) is -1.38. The molecule has 0 bridgehead atoms. The molecule has 3 aromatic rings. The van der Waals surface area contributed by atoms with Gasteiger partial charge in [-0.3, -0.25) is 9.71 Å². The van der Waals surface area contributed by atoms with Gasteiger partial charge in [0.1, 0.15) is 23.1 Å². The maximum absolute atomic E-state index is 12.7. The number of hydrogen-bond acceptors (Lipinski definition) is 6.